The number of hydrogen-bond donors (Lipinski definition) is 2. The molecule has 9 heteroatoms. The summed E-state index contributed by atoms with van der Waals surface area (Å²) in [5.41, 5.74) is 2.38. The van der Waals surface area contributed by atoms with Gasteiger partial charge in [-0.25, -0.2) is 4.68 Å². The first-order valence-electron chi connectivity index (χ1n) is 9.73. The molecule has 1 aliphatic heterocycles. The van der Waals surface area contributed by atoms with Crippen LogP contribution in [0.3, 0.4) is 0 Å². The van der Waals surface area contributed by atoms with Gasteiger partial charge in [-0.15, -0.1) is 0 Å². The number of hydrogen-bond acceptors (Lipinski definition) is 3. The molecule has 0 radical (unpaired) electrons. The van der Waals surface area contributed by atoms with E-state index in [9.17, 15) is 18.0 Å². The van der Waals surface area contributed by atoms with E-state index in [1.54, 1.807) is 24.3 Å². The van der Waals surface area contributed by atoms with Crippen LogP contribution < -0.4 is 10.6 Å². The first-order chi connectivity index (χ1) is 14.7. The minimum Gasteiger partial charge on any atom is -0.363 e. The molecule has 2 heterocycles. The molecule has 1 amide bonds. The van der Waals surface area contributed by atoms with Crippen LogP contribution in [-0.4, -0.2) is 21.9 Å². The van der Waals surface area contributed by atoms with Crippen molar-refractivity contribution in [3.05, 3.63) is 82.0 Å². The number of amides is 1. The van der Waals surface area contributed by atoms with E-state index in [1.165, 1.54) is 6.07 Å². The Morgan fingerprint density at radius 1 is 1.23 bits per heavy atom. The van der Waals surface area contributed by atoms with E-state index in [4.69, 9.17) is 11.6 Å². The Bertz CT molecular complexity index is 1090. The highest BCUT2D eigenvalue weighted by atomic mass is 35.5. The van der Waals surface area contributed by atoms with Crippen LogP contribution in [0.1, 0.15) is 45.7 Å². The van der Waals surface area contributed by atoms with Crippen LogP contribution in [0.5, 0.6) is 0 Å². The third kappa shape index (κ3) is 4.54. The zero-order valence-electron chi connectivity index (χ0n) is 16.6. The summed E-state index contributed by atoms with van der Waals surface area (Å²) in [6.45, 7) is 2.06. The molecule has 0 saturated carbocycles. The summed E-state index contributed by atoms with van der Waals surface area (Å²) in [4.78, 5) is 12.6. The number of halogens is 4. The number of carbonyl (C=O) groups is 1. The standard InChI is InChI=1S/C22H20ClF3N4O/c1-13-6-8-14(9-7-13)17-10-19(22(24,25)26)30-20(28-17)11-18(29-30)21(31)27-12-15-4-2-3-5-16(15)23/h2-9,11,17,19,28H,10,12H2,1H3,(H,27,31)/t17-,19+/m1/s1. The Morgan fingerprint density at radius 2 is 1.94 bits per heavy atom. The van der Waals surface area contributed by atoms with Crippen LogP contribution in [0.15, 0.2) is 54.6 Å². The van der Waals surface area contributed by atoms with Gasteiger partial charge < -0.3 is 10.6 Å². The average molecular weight is 449 g/mol. The molecule has 2 atom stereocenters. The van der Waals surface area contributed by atoms with Crippen LogP contribution in [-0.2, 0) is 6.54 Å². The molecule has 4 rings (SSSR count). The molecule has 0 unspecified atom stereocenters. The lowest BCUT2D eigenvalue weighted by atomic mass is 9.96. The molecular weight excluding hydrogens is 429 g/mol. The first-order valence-corrected chi connectivity index (χ1v) is 10.1. The maximum Gasteiger partial charge on any atom is 0.410 e. The van der Waals surface area contributed by atoms with Crippen LogP contribution in [0.25, 0.3) is 0 Å². The average Bonchev–Trinajstić information content (AvgIpc) is 3.16. The van der Waals surface area contributed by atoms with E-state index in [0.29, 0.717) is 10.6 Å². The summed E-state index contributed by atoms with van der Waals surface area (Å²) in [7, 11) is 0. The number of fused-ring (bicyclic) bond motifs is 1. The molecule has 0 saturated heterocycles. The molecule has 2 aromatic carbocycles. The van der Waals surface area contributed by atoms with E-state index in [0.717, 1.165) is 15.8 Å². The van der Waals surface area contributed by atoms with Crippen molar-refractivity contribution in [2.24, 2.45) is 0 Å². The SMILES string of the molecule is Cc1ccc([C@H]2C[C@@H](C(F)(F)F)n3nc(C(=O)NCc4ccccc4Cl)cc3N2)cc1. The number of rotatable bonds is 4. The molecule has 162 valence electrons. The summed E-state index contributed by atoms with van der Waals surface area (Å²) < 4.78 is 42.2. The number of nitrogens with one attached hydrogen (secondary N) is 2. The van der Waals surface area contributed by atoms with Crippen molar-refractivity contribution >= 4 is 23.3 Å². The monoisotopic (exact) mass is 448 g/mol. The van der Waals surface area contributed by atoms with Crippen molar-refractivity contribution in [2.45, 2.75) is 38.1 Å². The first kappa shape index (κ1) is 21.2. The minimum atomic E-state index is -4.50. The molecule has 0 aliphatic carbocycles. The fourth-order valence-corrected chi connectivity index (χ4v) is 3.81. The molecule has 1 aliphatic rings. The lowest BCUT2D eigenvalue weighted by Crippen LogP contribution is -2.35. The number of nitrogens with zero attached hydrogens (tertiary/aromatic N) is 2. The Labute approximate surface area is 182 Å². The molecule has 5 nitrogen and oxygen atoms in total. The second-order valence-electron chi connectivity index (χ2n) is 7.53. The van der Waals surface area contributed by atoms with Gasteiger partial charge in [0.15, 0.2) is 11.7 Å². The van der Waals surface area contributed by atoms with E-state index in [1.807, 2.05) is 31.2 Å². The van der Waals surface area contributed by atoms with Crippen molar-refractivity contribution < 1.29 is 18.0 Å². The zero-order valence-corrected chi connectivity index (χ0v) is 17.3. The summed E-state index contributed by atoms with van der Waals surface area (Å²) in [6.07, 6.45) is -4.72. The summed E-state index contributed by atoms with van der Waals surface area (Å²) >= 11 is 6.08. The number of anilines is 1. The quantitative estimate of drug-likeness (QED) is 0.559. The van der Waals surface area contributed by atoms with Crippen molar-refractivity contribution in [3.63, 3.8) is 0 Å². The lowest BCUT2D eigenvalue weighted by molar-refractivity contribution is -0.173. The maximum atomic E-state index is 13.8. The minimum absolute atomic E-state index is 0.0895. The fraction of sp³-hybridized carbons (Fsp3) is 0.273. The second-order valence-corrected chi connectivity index (χ2v) is 7.94. The van der Waals surface area contributed by atoms with Gasteiger partial charge in [0.25, 0.3) is 5.91 Å². The van der Waals surface area contributed by atoms with Gasteiger partial charge >= 0.3 is 6.18 Å². The van der Waals surface area contributed by atoms with Gasteiger partial charge in [0.1, 0.15) is 5.82 Å². The second kappa shape index (κ2) is 8.26. The van der Waals surface area contributed by atoms with Gasteiger partial charge in [-0.2, -0.15) is 18.3 Å². The molecular formula is C22H20ClF3N4O. The van der Waals surface area contributed by atoms with E-state index in [2.05, 4.69) is 15.7 Å². The van der Waals surface area contributed by atoms with E-state index < -0.39 is 24.2 Å². The molecule has 31 heavy (non-hydrogen) atoms. The van der Waals surface area contributed by atoms with E-state index in [-0.39, 0.29) is 24.5 Å². The highest BCUT2D eigenvalue weighted by molar-refractivity contribution is 6.31. The molecule has 0 spiro atoms. The largest absolute Gasteiger partial charge is 0.410 e. The molecule has 0 fully saturated rings. The molecule has 1 aromatic heterocycles. The number of alkyl halides is 3. The molecule has 2 N–H and O–H groups in total. The van der Waals surface area contributed by atoms with Gasteiger partial charge in [-0.3, -0.25) is 4.79 Å². The van der Waals surface area contributed by atoms with Crippen molar-refractivity contribution in [1.82, 2.24) is 15.1 Å². The van der Waals surface area contributed by atoms with Gasteiger partial charge in [-0.05, 0) is 24.1 Å². The Balaban J connectivity index is 1.58. The van der Waals surface area contributed by atoms with Gasteiger partial charge in [0.05, 0.1) is 6.04 Å². The van der Waals surface area contributed by atoms with Gasteiger partial charge in [0, 0.05) is 24.1 Å². The van der Waals surface area contributed by atoms with Gasteiger partial charge in [0.2, 0.25) is 0 Å². The van der Waals surface area contributed by atoms with E-state index >= 15 is 0 Å². The topological polar surface area (TPSA) is 59.0 Å². The maximum absolute atomic E-state index is 13.8. The summed E-state index contributed by atoms with van der Waals surface area (Å²) in [6, 6.07) is 13.3. The Kier molecular flexibility index (Phi) is 5.66. The van der Waals surface area contributed by atoms with Gasteiger partial charge in [-0.1, -0.05) is 59.6 Å². The summed E-state index contributed by atoms with van der Waals surface area (Å²) in [5, 5.41) is 10.2. The normalized spacial score (nSPS) is 18.2. The summed E-state index contributed by atoms with van der Waals surface area (Å²) in [5.74, 6) is -0.418. The van der Waals surface area contributed by atoms with Crippen LogP contribution in [0.2, 0.25) is 5.02 Å². The van der Waals surface area contributed by atoms with Crippen molar-refractivity contribution in [2.75, 3.05) is 5.32 Å². The number of carbonyl (C=O) groups excluding carboxylic acids is 1. The smallest absolute Gasteiger partial charge is 0.363 e. The molecule has 3 aromatic rings. The van der Waals surface area contributed by atoms with Crippen molar-refractivity contribution in [1.29, 1.82) is 0 Å². The number of benzene rings is 2. The third-order valence-electron chi connectivity index (χ3n) is 5.30. The van der Waals surface area contributed by atoms with Crippen LogP contribution in [0.4, 0.5) is 19.0 Å². The van der Waals surface area contributed by atoms with Crippen LogP contribution >= 0.6 is 11.6 Å². The van der Waals surface area contributed by atoms with Crippen LogP contribution in [0, 0.1) is 6.92 Å². The highest BCUT2D eigenvalue weighted by Crippen LogP contribution is 2.43. The predicted octanol–water partition coefficient (Wildman–Crippen LogP) is 5.44. The Morgan fingerprint density at radius 3 is 2.61 bits per heavy atom. The zero-order chi connectivity index (χ0) is 22.2. The highest BCUT2D eigenvalue weighted by Gasteiger charge is 2.46. The fourth-order valence-electron chi connectivity index (χ4n) is 3.61. The number of aromatic nitrogens is 2. The van der Waals surface area contributed by atoms with Crippen molar-refractivity contribution in [3.8, 4) is 0 Å². The lowest BCUT2D eigenvalue weighted by Gasteiger charge is -2.33. The Hall–Kier alpha value is -3.00. The predicted molar refractivity (Wildman–Crippen MR) is 112 cm³/mol. The third-order valence-corrected chi connectivity index (χ3v) is 5.67. The number of aryl methyl sites for hydroxylation is 1. The molecule has 0 bridgehead atoms.